The highest BCUT2D eigenvalue weighted by atomic mass is 32.2. The Morgan fingerprint density at radius 2 is 0.914 bits per heavy atom. The molecule has 0 aliphatic carbocycles. The van der Waals surface area contributed by atoms with Crippen LogP contribution in [-0.4, -0.2) is 12.4 Å². The highest BCUT2D eigenvalue weighted by Crippen LogP contribution is 2.26. The van der Waals surface area contributed by atoms with Crippen molar-refractivity contribution in [2.24, 2.45) is 0 Å². The molecule has 2 rings (SSSR count). The quantitative estimate of drug-likeness (QED) is 0.118. The summed E-state index contributed by atoms with van der Waals surface area (Å²) in [5, 5.41) is 0. The van der Waals surface area contributed by atoms with E-state index in [2.05, 4.69) is 62.4 Å². The summed E-state index contributed by atoms with van der Waals surface area (Å²) < 4.78 is 5.96. The van der Waals surface area contributed by atoms with Gasteiger partial charge in [-0.2, -0.15) is 0 Å². The fraction of sp³-hybridized carbons (Fsp3) is 0.636. The molecule has 0 fully saturated rings. The zero-order valence-corrected chi connectivity index (χ0v) is 23.7. The van der Waals surface area contributed by atoms with Crippen LogP contribution in [0.25, 0.3) is 11.1 Å². The summed E-state index contributed by atoms with van der Waals surface area (Å²) >= 11 is 2.00. The van der Waals surface area contributed by atoms with Crippen LogP contribution in [-0.2, 0) is 0 Å². The third kappa shape index (κ3) is 14.7. The van der Waals surface area contributed by atoms with Crippen molar-refractivity contribution >= 4 is 11.8 Å². The van der Waals surface area contributed by atoms with Crippen LogP contribution in [0.5, 0.6) is 5.75 Å². The van der Waals surface area contributed by atoms with Crippen molar-refractivity contribution in [3.63, 3.8) is 0 Å². The molecule has 2 heteroatoms. The molecule has 0 saturated carbocycles. The van der Waals surface area contributed by atoms with E-state index >= 15 is 0 Å². The summed E-state index contributed by atoms with van der Waals surface area (Å²) in [6.45, 7) is 5.40. The van der Waals surface area contributed by atoms with Crippen molar-refractivity contribution in [1.29, 1.82) is 0 Å². The van der Waals surface area contributed by atoms with Gasteiger partial charge in [0.05, 0.1) is 6.61 Å². The molecule has 0 radical (unpaired) electrons. The highest BCUT2D eigenvalue weighted by molar-refractivity contribution is 7.99. The molecule has 35 heavy (non-hydrogen) atoms. The normalized spacial score (nSPS) is 11.1. The lowest BCUT2D eigenvalue weighted by Crippen LogP contribution is -1.97. The Labute approximate surface area is 221 Å². The maximum absolute atomic E-state index is 5.96. The maximum Gasteiger partial charge on any atom is 0.119 e. The minimum absolute atomic E-state index is 0.833. The second-order valence-corrected chi connectivity index (χ2v) is 11.2. The first kappa shape index (κ1) is 29.8. The van der Waals surface area contributed by atoms with Gasteiger partial charge in [-0.15, -0.1) is 11.8 Å². The number of unbranched alkanes of at least 4 members (excludes halogenated alkanes) is 15. The van der Waals surface area contributed by atoms with Crippen molar-refractivity contribution in [1.82, 2.24) is 0 Å². The number of hydrogen-bond donors (Lipinski definition) is 0. The standard InChI is InChI=1S/C33H52OS/c1-3-5-7-9-11-13-15-17-19-29-35-33-26-22-31(23-27-33)30-20-24-32(25-21-30)34-28-18-16-14-12-10-8-6-4-2/h20-27H,3-19,28-29H2,1-2H3. The third-order valence-electron chi connectivity index (χ3n) is 6.83. The van der Waals surface area contributed by atoms with Crippen LogP contribution in [0, 0.1) is 0 Å². The van der Waals surface area contributed by atoms with Crippen LogP contribution in [0.2, 0.25) is 0 Å². The van der Waals surface area contributed by atoms with Crippen LogP contribution in [0.4, 0.5) is 0 Å². The van der Waals surface area contributed by atoms with Gasteiger partial charge >= 0.3 is 0 Å². The fourth-order valence-electron chi connectivity index (χ4n) is 4.52. The van der Waals surface area contributed by atoms with E-state index in [-0.39, 0.29) is 0 Å². The largest absolute Gasteiger partial charge is 0.494 e. The average Bonchev–Trinajstić information content (AvgIpc) is 2.89. The summed E-state index contributed by atoms with van der Waals surface area (Å²) in [7, 11) is 0. The molecule has 0 unspecified atom stereocenters. The van der Waals surface area contributed by atoms with Crippen LogP contribution in [0.1, 0.15) is 123 Å². The van der Waals surface area contributed by atoms with E-state index in [0.29, 0.717) is 0 Å². The van der Waals surface area contributed by atoms with Gasteiger partial charge in [-0.25, -0.2) is 0 Å². The SMILES string of the molecule is CCCCCCCCCCCSc1ccc(-c2ccc(OCCCCCCCCCC)cc2)cc1. The summed E-state index contributed by atoms with van der Waals surface area (Å²) in [6.07, 6.45) is 23.3. The molecule has 0 N–H and O–H groups in total. The monoisotopic (exact) mass is 496 g/mol. The first-order chi connectivity index (χ1) is 17.3. The Bertz CT molecular complexity index is 722. The van der Waals surface area contributed by atoms with Gasteiger partial charge in [0.1, 0.15) is 5.75 Å². The van der Waals surface area contributed by atoms with Crippen LogP contribution in [0.3, 0.4) is 0 Å². The number of ether oxygens (including phenoxy) is 1. The predicted molar refractivity (Wildman–Crippen MR) is 158 cm³/mol. The molecule has 1 nitrogen and oxygen atoms in total. The smallest absolute Gasteiger partial charge is 0.119 e. The zero-order chi connectivity index (χ0) is 24.8. The molecule has 0 aliphatic rings. The Kier molecular flexibility index (Phi) is 17.7. The summed E-state index contributed by atoms with van der Waals surface area (Å²) in [6, 6.07) is 17.7. The van der Waals surface area contributed by atoms with E-state index in [0.717, 1.165) is 18.8 Å². The van der Waals surface area contributed by atoms with E-state index in [4.69, 9.17) is 4.74 Å². The van der Waals surface area contributed by atoms with Gasteiger partial charge in [0.2, 0.25) is 0 Å². The minimum Gasteiger partial charge on any atom is -0.494 e. The van der Waals surface area contributed by atoms with Crippen LogP contribution < -0.4 is 4.74 Å². The summed E-state index contributed by atoms with van der Waals surface area (Å²) in [5.41, 5.74) is 2.55. The maximum atomic E-state index is 5.96. The Hall–Kier alpha value is -1.41. The molecule has 2 aromatic rings. The number of hydrogen-bond acceptors (Lipinski definition) is 2. The molecule has 0 saturated heterocycles. The van der Waals surface area contributed by atoms with Crippen molar-refractivity contribution in [2.45, 2.75) is 128 Å². The van der Waals surface area contributed by atoms with E-state index in [1.165, 1.54) is 125 Å². The van der Waals surface area contributed by atoms with Crippen molar-refractivity contribution in [3.05, 3.63) is 48.5 Å². The van der Waals surface area contributed by atoms with E-state index in [1.807, 2.05) is 11.8 Å². The molecule has 0 aliphatic heterocycles. The Morgan fingerprint density at radius 1 is 0.486 bits per heavy atom. The second kappa shape index (κ2) is 20.7. The van der Waals surface area contributed by atoms with Gasteiger partial charge in [-0.05, 0) is 54.0 Å². The molecule has 0 atom stereocenters. The van der Waals surface area contributed by atoms with Crippen LogP contribution in [0.15, 0.2) is 53.4 Å². The van der Waals surface area contributed by atoms with Gasteiger partial charge in [0, 0.05) is 4.90 Å². The Morgan fingerprint density at radius 3 is 1.43 bits per heavy atom. The molecule has 0 spiro atoms. The third-order valence-corrected chi connectivity index (χ3v) is 7.92. The molecule has 0 aromatic heterocycles. The number of thioether (sulfide) groups is 1. The molecule has 2 aromatic carbocycles. The van der Waals surface area contributed by atoms with E-state index in [9.17, 15) is 0 Å². The van der Waals surface area contributed by atoms with Crippen LogP contribution >= 0.6 is 11.8 Å². The van der Waals surface area contributed by atoms with E-state index < -0.39 is 0 Å². The first-order valence-corrected chi connectivity index (χ1v) is 15.8. The minimum atomic E-state index is 0.833. The zero-order valence-electron chi connectivity index (χ0n) is 22.9. The molecule has 0 bridgehead atoms. The molecular weight excluding hydrogens is 444 g/mol. The molecular formula is C33H52OS. The van der Waals surface area contributed by atoms with Crippen molar-refractivity contribution in [2.75, 3.05) is 12.4 Å². The second-order valence-electron chi connectivity index (χ2n) is 10.0. The number of rotatable bonds is 22. The van der Waals surface area contributed by atoms with Crippen molar-refractivity contribution < 1.29 is 4.74 Å². The lowest BCUT2D eigenvalue weighted by molar-refractivity contribution is 0.304. The lowest BCUT2D eigenvalue weighted by Gasteiger charge is -2.08. The van der Waals surface area contributed by atoms with E-state index in [1.54, 1.807) is 0 Å². The van der Waals surface area contributed by atoms with Gasteiger partial charge in [0.25, 0.3) is 0 Å². The molecule has 0 amide bonds. The topological polar surface area (TPSA) is 9.23 Å². The summed E-state index contributed by atoms with van der Waals surface area (Å²) in [5.74, 6) is 2.23. The number of benzene rings is 2. The average molecular weight is 497 g/mol. The predicted octanol–water partition coefficient (Wildman–Crippen LogP) is 11.5. The fourth-order valence-corrected chi connectivity index (χ4v) is 5.43. The van der Waals surface area contributed by atoms with Crippen molar-refractivity contribution in [3.8, 4) is 16.9 Å². The molecule has 196 valence electrons. The molecule has 0 heterocycles. The first-order valence-electron chi connectivity index (χ1n) is 14.8. The summed E-state index contributed by atoms with van der Waals surface area (Å²) in [4.78, 5) is 1.39. The van der Waals surface area contributed by atoms with Gasteiger partial charge < -0.3 is 4.74 Å². The van der Waals surface area contributed by atoms with Gasteiger partial charge in [-0.1, -0.05) is 134 Å². The lowest BCUT2D eigenvalue weighted by atomic mass is 10.1. The van der Waals surface area contributed by atoms with Gasteiger partial charge in [0.15, 0.2) is 0 Å². The Balaban J connectivity index is 1.55. The highest BCUT2D eigenvalue weighted by Gasteiger charge is 2.01. The van der Waals surface area contributed by atoms with Gasteiger partial charge in [-0.3, -0.25) is 0 Å².